The highest BCUT2D eigenvalue weighted by molar-refractivity contribution is 5.68. The van der Waals surface area contributed by atoms with E-state index < -0.39 is 17.7 Å². The molecular formula is C20H29F3N2O2. The number of hydrogen-bond donors (Lipinski definition) is 1. The summed E-state index contributed by atoms with van der Waals surface area (Å²) in [6.45, 7) is 2.50. The Balaban J connectivity index is 2.12. The molecule has 0 amide bonds. The number of alkyl halides is 3. The summed E-state index contributed by atoms with van der Waals surface area (Å²) in [5.74, 6) is -0.411. The van der Waals surface area contributed by atoms with E-state index in [0.29, 0.717) is 24.4 Å². The second kappa shape index (κ2) is 9.55. The summed E-state index contributed by atoms with van der Waals surface area (Å²) in [6.07, 6.45) is -0.754. The number of likely N-dealkylation sites (tertiary alicyclic amines) is 1. The second-order valence-electron chi connectivity index (χ2n) is 7.72. The van der Waals surface area contributed by atoms with Crippen molar-refractivity contribution in [3.63, 3.8) is 0 Å². The highest BCUT2D eigenvalue weighted by Gasteiger charge is 2.31. The number of halogens is 3. The van der Waals surface area contributed by atoms with E-state index in [9.17, 15) is 18.0 Å². The molecule has 0 radical (unpaired) electrons. The lowest BCUT2D eigenvalue weighted by atomic mass is 9.82. The minimum absolute atomic E-state index is 0.00282. The van der Waals surface area contributed by atoms with E-state index >= 15 is 0 Å². The number of piperidine rings is 1. The maximum Gasteiger partial charge on any atom is 0.416 e. The molecule has 0 aromatic heterocycles. The number of likely N-dealkylation sites (N-methyl/N-ethyl adjacent to an activating group) is 1. The normalized spacial score (nSPS) is 18.0. The van der Waals surface area contributed by atoms with Gasteiger partial charge in [0.05, 0.1) is 12.1 Å². The van der Waals surface area contributed by atoms with Crippen LogP contribution < -0.4 is 0 Å². The Morgan fingerprint density at radius 2 is 2.00 bits per heavy atom. The van der Waals surface area contributed by atoms with Gasteiger partial charge in [-0.25, -0.2) is 0 Å². The molecular weight excluding hydrogens is 357 g/mol. The lowest BCUT2D eigenvalue weighted by molar-refractivity contribution is -0.138. The van der Waals surface area contributed by atoms with Crippen LogP contribution in [-0.4, -0.2) is 61.2 Å². The number of carboxylic acids is 1. The van der Waals surface area contributed by atoms with Gasteiger partial charge in [-0.05, 0) is 82.9 Å². The van der Waals surface area contributed by atoms with Gasteiger partial charge < -0.3 is 10.0 Å². The fraction of sp³-hybridized carbons (Fsp3) is 0.650. The first-order chi connectivity index (χ1) is 12.6. The number of aliphatic carboxylic acids is 1. The summed E-state index contributed by atoms with van der Waals surface area (Å²) in [5.41, 5.74) is 0.0831. The van der Waals surface area contributed by atoms with Crippen LogP contribution in [0.25, 0.3) is 0 Å². The Morgan fingerprint density at radius 1 is 1.33 bits per heavy atom. The van der Waals surface area contributed by atoms with Gasteiger partial charge in [-0.3, -0.25) is 9.69 Å². The second-order valence-corrected chi connectivity index (χ2v) is 7.72. The summed E-state index contributed by atoms with van der Waals surface area (Å²) in [7, 11) is 3.81. The Labute approximate surface area is 159 Å². The Bertz CT molecular complexity index is 613. The van der Waals surface area contributed by atoms with E-state index in [4.69, 9.17) is 5.11 Å². The van der Waals surface area contributed by atoms with E-state index in [1.54, 1.807) is 18.0 Å². The van der Waals surface area contributed by atoms with Crippen LogP contribution in [0.2, 0.25) is 0 Å². The van der Waals surface area contributed by atoms with Crippen LogP contribution in [0.5, 0.6) is 0 Å². The van der Waals surface area contributed by atoms with Crippen molar-refractivity contribution in [3.8, 4) is 0 Å². The summed E-state index contributed by atoms with van der Waals surface area (Å²) >= 11 is 0. The van der Waals surface area contributed by atoms with Crippen LogP contribution in [0, 0.1) is 5.92 Å². The maximum absolute atomic E-state index is 13.1. The molecule has 0 bridgehead atoms. The number of hydrogen-bond acceptors (Lipinski definition) is 3. The zero-order valence-corrected chi connectivity index (χ0v) is 16.0. The first-order valence-electron chi connectivity index (χ1n) is 9.41. The zero-order valence-electron chi connectivity index (χ0n) is 16.0. The molecule has 7 heteroatoms. The molecule has 152 valence electrons. The topological polar surface area (TPSA) is 43.8 Å². The van der Waals surface area contributed by atoms with Gasteiger partial charge >= 0.3 is 12.1 Å². The van der Waals surface area contributed by atoms with Crippen LogP contribution in [0.1, 0.15) is 42.7 Å². The molecule has 27 heavy (non-hydrogen) atoms. The van der Waals surface area contributed by atoms with Crippen molar-refractivity contribution in [2.45, 2.75) is 37.8 Å². The molecule has 4 nitrogen and oxygen atoms in total. The number of carboxylic acid groups (broad SMARTS) is 1. The SMILES string of the molecule is CN1CCC(C[C@H](CCN(C)CC(=O)O)c2cccc(C(F)(F)F)c2)CC1. The number of benzene rings is 1. The van der Waals surface area contributed by atoms with Gasteiger partial charge in [0.25, 0.3) is 0 Å². The molecule has 1 aliphatic heterocycles. The quantitative estimate of drug-likeness (QED) is 0.735. The van der Waals surface area contributed by atoms with Gasteiger partial charge in [0.1, 0.15) is 0 Å². The smallest absolute Gasteiger partial charge is 0.416 e. The number of rotatable bonds is 8. The summed E-state index contributed by atoms with van der Waals surface area (Å²) in [6, 6.07) is 5.61. The van der Waals surface area contributed by atoms with Gasteiger partial charge in [0, 0.05) is 0 Å². The minimum atomic E-state index is -4.35. The van der Waals surface area contributed by atoms with Crippen molar-refractivity contribution in [2.75, 3.05) is 40.3 Å². The van der Waals surface area contributed by atoms with Gasteiger partial charge in [-0.15, -0.1) is 0 Å². The van der Waals surface area contributed by atoms with E-state index in [-0.39, 0.29) is 12.5 Å². The average Bonchev–Trinajstić information content (AvgIpc) is 2.59. The molecule has 1 aromatic rings. The minimum Gasteiger partial charge on any atom is -0.480 e. The first kappa shape index (κ1) is 21.7. The molecule has 1 aromatic carbocycles. The summed E-state index contributed by atoms with van der Waals surface area (Å²) in [5, 5.41) is 8.91. The van der Waals surface area contributed by atoms with E-state index in [2.05, 4.69) is 11.9 Å². The summed E-state index contributed by atoms with van der Waals surface area (Å²) < 4.78 is 39.3. The average molecular weight is 386 g/mol. The Kier molecular flexibility index (Phi) is 7.68. The van der Waals surface area contributed by atoms with Crippen molar-refractivity contribution in [1.82, 2.24) is 9.80 Å². The van der Waals surface area contributed by atoms with E-state index in [1.807, 2.05) is 0 Å². The van der Waals surface area contributed by atoms with Gasteiger partial charge in [-0.1, -0.05) is 18.2 Å². The molecule has 0 unspecified atom stereocenters. The van der Waals surface area contributed by atoms with E-state index in [1.165, 1.54) is 12.1 Å². The lowest BCUT2D eigenvalue weighted by Crippen LogP contribution is -2.31. The third kappa shape index (κ3) is 7.14. The molecule has 1 aliphatic rings. The van der Waals surface area contributed by atoms with Crippen molar-refractivity contribution in [3.05, 3.63) is 35.4 Å². The molecule has 1 N–H and O–H groups in total. The molecule has 1 fully saturated rings. The monoisotopic (exact) mass is 386 g/mol. The molecule has 1 atom stereocenters. The fourth-order valence-electron chi connectivity index (χ4n) is 3.78. The third-order valence-corrected chi connectivity index (χ3v) is 5.41. The van der Waals surface area contributed by atoms with Crippen LogP contribution in [0.4, 0.5) is 13.2 Å². The van der Waals surface area contributed by atoms with Gasteiger partial charge in [-0.2, -0.15) is 13.2 Å². The molecule has 0 saturated carbocycles. The highest BCUT2D eigenvalue weighted by atomic mass is 19.4. The largest absolute Gasteiger partial charge is 0.480 e. The van der Waals surface area contributed by atoms with Crippen molar-refractivity contribution < 1.29 is 23.1 Å². The predicted molar refractivity (Wildman–Crippen MR) is 98.8 cm³/mol. The van der Waals surface area contributed by atoms with Gasteiger partial charge in [0.15, 0.2) is 0 Å². The van der Waals surface area contributed by atoms with Crippen molar-refractivity contribution in [2.24, 2.45) is 5.92 Å². The molecule has 0 spiro atoms. The molecule has 1 heterocycles. The number of carbonyl (C=O) groups is 1. The van der Waals surface area contributed by atoms with Crippen molar-refractivity contribution >= 4 is 5.97 Å². The molecule has 0 aliphatic carbocycles. The Morgan fingerprint density at radius 3 is 2.59 bits per heavy atom. The fourth-order valence-corrected chi connectivity index (χ4v) is 3.78. The Hall–Kier alpha value is -1.60. The van der Waals surface area contributed by atoms with Gasteiger partial charge in [0.2, 0.25) is 0 Å². The highest BCUT2D eigenvalue weighted by Crippen LogP contribution is 2.35. The van der Waals surface area contributed by atoms with E-state index in [0.717, 1.165) is 38.4 Å². The number of nitrogens with zero attached hydrogens (tertiary/aromatic N) is 2. The zero-order chi connectivity index (χ0) is 20.0. The van der Waals surface area contributed by atoms with Crippen LogP contribution in [0.3, 0.4) is 0 Å². The van der Waals surface area contributed by atoms with Crippen LogP contribution in [-0.2, 0) is 11.0 Å². The first-order valence-corrected chi connectivity index (χ1v) is 9.41. The third-order valence-electron chi connectivity index (χ3n) is 5.41. The predicted octanol–water partition coefficient (Wildman–Crippen LogP) is 3.93. The molecule has 2 rings (SSSR count). The van der Waals surface area contributed by atoms with Crippen LogP contribution >= 0.6 is 0 Å². The standard InChI is InChI=1S/C20H29F3N2O2/c1-24-9-6-15(7-10-24)12-17(8-11-25(2)14-19(26)27)16-4-3-5-18(13-16)20(21,22)23/h3-5,13,15,17H,6-12,14H2,1-2H3,(H,26,27)/t17-/m0/s1. The summed E-state index contributed by atoms with van der Waals surface area (Å²) in [4.78, 5) is 14.8. The van der Waals surface area contributed by atoms with Crippen molar-refractivity contribution in [1.29, 1.82) is 0 Å². The van der Waals surface area contributed by atoms with Crippen LogP contribution in [0.15, 0.2) is 24.3 Å². The maximum atomic E-state index is 13.1. The molecule has 1 saturated heterocycles. The lowest BCUT2D eigenvalue weighted by Gasteiger charge is -2.32.